The molecule has 0 spiro atoms. The summed E-state index contributed by atoms with van der Waals surface area (Å²) >= 11 is 2.99. The molecule has 4 heterocycles. The number of carbonyl (C=O) groups is 1. The zero-order chi connectivity index (χ0) is 23.2. The molecule has 0 radical (unpaired) electrons. The second kappa shape index (κ2) is 8.55. The molecule has 1 N–H and O–H groups in total. The zero-order valence-electron chi connectivity index (χ0n) is 18.8. The number of benzene rings is 1. The Morgan fingerprint density at radius 3 is 2.94 bits per heavy atom. The largest absolute Gasteiger partial charge is 0.495 e. The first-order chi connectivity index (χ1) is 15.8. The van der Waals surface area contributed by atoms with E-state index >= 15 is 0 Å². The Balaban J connectivity index is 1.44. The molecule has 1 aliphatic heterocycles. The maximum Gasteiger partial charge on any atom is 0.237 e. The van der Waals surface area contributed by atoms with Crippen molar-refractivity contribution in [3.8, 4) is 5.75 Å². The van der Waals surface area contributed by atoms with Crippen molar-refractivity contribution < 1.29 is 14.3 Å². The van der Waals surface area contributed by atoms with Crippen LogP contribution in [-0.4, -0.2) is 38.8 Å². The quantitative estimate of drug-likeness (QED) is 0.310. The van der Waals surface area contributed by atoms with Gasteiger partial charge in [-0.05, 0) is 39.0 Å². The van der Waals surface area contributed by atoms with Crippen LogP contribution in [0.25, 0.3) is 20.4 Å². The molecule has 33 heavy (non-hydrogen) atoms. The number of anilines is 1. The lowest BCUT2D eigenvalue weighted by Crippen LogP contribution is -2.32. The number of aromatic nitrogens is 3. The first-order valence-electron chi connectivity index (χ1n) is 10.6. The molecule has 1 atom stereocenters. The Morgan fingerprint density at radius 2 is 2.12 bits per heavy atom. The Bertz CT molecular complexity index is 1370. The van der Waals surface area contributed by atoms with Gasteiger partial charge in [-0.15, -0.1) is 11.3 Å². The number of methoxy groups -OCH3 is 1. The smallest absolute Gasteiger partial charge is 0.237 e. The van der Waals surface area contributed by atoms with E-state index in [1.807, 2.05) is 31.2 Å². The van der Waals surface area contributed by atoms with E-state index in [9.17, 15) is 4.79 Å². The van der Waals surface area contributed by atoms with Gasteiger partial charge in [0.1, 0.15) is 21.9 Å². The molecule has 0 saturated carbocycles. The van der Waals surface area contributed by atoms with Gasteiger partial charge in [0.05, 0.1) is 46.2 Å². The highest BCUT2D eigenvalue weighted by atomic mass is 32.2. The summed E-state index contributed by atoms with van der Waals surface area (Å²) in [7, 11) is 1.58. The highest BCUT2D eigenvalue weighted by Crippen LogP contribution is 2.40. The fraction of sp³-hybridized carbons (Fsp3) is 0.333. The van der Waals surface area contributed by atoms with Gasteiger partial charge >= 0.3 is 0 Å². The third-order valence-corrected chi connectivity index (χ3v) is 7.94. The summed E-state index contributed by atoms with van der Waals surface area (Å²) in [5.74, 6) is 0.504. The van der Waals surface area contributed by atoms with Gasteiger partial charge in [0.15, 0.2) is 0 Å². The fourth-order valence-corrected chi connectivity index (χ4v) is 5.95. The number of fused-ring (bicyclic) bond motifs is 4. The van der Waals surface area contributed by atoms with Crippen LogP contribution >= 0.6 is 23.1 Å². The lowest BCUT2D eigenvalue weighted by Gasteiger charge is -2.30. The molecule has 0 unspecified atom stereocenters. The summed E-state index contributed by atoms with van der Waals surface area (Å²) in [5, 5.41) is 4.37. The van der Waals surface area contributed by atoms with Crippen LogP contribution in [0.3, 0.4) is 0 Å². The van der Waals surface area contributed by atoms with Crippen molar-refractivity contribution in [2.24, 2.45) is 0 Å². The maximum atomic E-state index is 12.9. The number of thiophene rings is 1. The molecule has 5 rings (SSSR count). The van der Waals surface area contributed by atoms with Crippen molar-refractivity contribution in [1.29, 1.82) is 0 Å². The van der Waals surface area contributed by atoms with Crippen molar-refractivity contribution >= 4 is 55.1 Å². The Morgan fingerprint density at radius 1 is 1.30 bits per heavy atom. The molecule has 0 aliphatic carbocycles. The summed E-state index contributed by atoms with van der Waals surface area (Å²) in [5.41, 5.74) is 3.49. The SMILES string of the molecule is COc1ccccc1NC(=O)[C@@H](C)Sc1ncnc2c1sc1nc3c(cc12)COC(C)(C)C3. The van der Waals surface area contributed by atoms with E-state index in [-0.39, 0.29) is 16.8 Å². The third kappa shape index (κ3) is 4.28. The minimum atomic E-state index is -0.367. The predicted molar refractivity (Wildman–Crippen MR) is 132 cm³/mol. The topological polar surface area (TPSA) is 86.2 Å². The summed E-state index contributed by atoms with van der Waals surface area (Å²) in [6.45, 7) is 6.59. The van der Waals surface area contributed by atoms with E-state index < -0.39 is 0 Å². The van der Waals surface area contributed by atoms with Crippen molar-refractivity contribution in [2.45, 2.75) is 49.7 Å². The highest BCUT2D eigenvalue weighted by Gasteiger charge is 2.28. The standard InChI is InChI=1S/C24H24N4O3S2/c1-13(21(29)27-16-7-5-6-8-18(16)30-4)32-23-20-19(25-12-26-23)15-9-14-11-31-24(2,3)10-17(14)28-22(15)33-20/h5-9,12-13H,10-11H2,1-4H3,(H,27,29)/t13-/m1/s1. The van der Waals surface area contributed by atoms with Gasteiger partial charge in [-0.2, -0.15) is 0 Å². The third-order valence-electron chi connectivity index (χ3n) is 5.62. The Hall–Kier alpha value is -2.75. The molecule has 4 aromatic rings. The summed E-state index contributed by atoms with van der Waals surface area (Å²) < 4.78 is 12.3. The first kappa shape index (κ1) is 22.1. The molecule has 3 aromatic heterocycles. The van der Waals surface area contributed by atoms with Gasteiger partial charge in [0.25, 0.3) is 0 Å². The lowest BCUT2D eigenvalue weighted by molar-refractivity contribution is -0.115. The van der Waals surface area contributed by atoms with Crippen LogP contribution in [0.5, 0.6) is 5.75 Å². The van der Waals surface area contributed by atoms with Gasteiger partial charge < -0.3 is 14.8 Å². The number of rotatable bonds is 5. The fourth-order valence-electron chi connectivity index (χ4n) is 3.85. The number of amides is 1. The first-order valence-corrected chi connectivity index (χ1v) is 12.3. The van der Waals surface area contributed by atoms with Gasteiger partial charge in [-0.3, -0.25) is 4.79 Å². The molecule has 1 aliphatic rings. The van der Waals surface area contributed by atoms with Crippen molar-refractivity contribution in [3.05, 3.63) is 47.9 Å². The summed E-state index contributed by atoms with van der Waals surface area (Å²) in [4.78, 5) is 27.8. The molecular weight excluding hydrogens is 456 g/mol. The van der Waals surface area contributed by atoms with Crippen LogP contribution in [0.1, 0.15) is 32.0 Å². The zero-order valence-corrected chi connectivity index (χ0v) is 20.5. The second-order valence-electron chi connectivity index (χ2n) is 8.58. The Labute approximate surface area is 199 Å². The molecular formula is C24H24N4O3S2. The number of hydrogen-bond acceptors (Lipinski definition) is 8. The molecule has 9 heteroatoms. The monoisotopic (exact) mass is 480 g/mol. The van der Waals surface area contributed by atoms with Crippen molar-refractivity contribution in [1.82, 2.24) is 15.0 Å². The van der Waals surface area contributed by atoms with Gasteiger partial charge in [0.2, 0.25) is 5.91 Å². The number of nitrogens with zero attached hydrogens (tertiary/aromatic N) is 3. The van der Waals surface area contributed by atoms with E-state index in [0.717, 1.165) is 43.1 Å². The van der Waals surface area contributed by atoms with Crippen LogP contribution in [0.2, 0.25) is 0 Å². The summed E-state index contributed by atoms with van der Waals surface area (Å²) in [6, 6.07) is 9.51. The van der Waals surface area contributed by atoms with Crippen LogP contribution in [0, 0.1) is 0 Å². The van der Waals surface area contributed by atoms with Gasteiger partial charge in [-0.25, -0.2) is 15.0 Å². The number of pyridine rings is 1. The predicted octanol–water partition coefficient (Wildman–Crippen LogP) is 5.22. The van der Waals surface area contributed by atoms with Crippen molar-refractivity contribution in [3.63, 3.8) is 0 Å². The van der Waals surface area contributed by atoms with E-state index in [1.54, 1.807) is 24.8 Å². The van der Waals surface area contributed by atoms with Gasteiger partial charge in [0, 0.05) is 17.4 Å². The molecule has 1 aromatic carbocycles. The van der Waals surface area contributed by atoms with Crippen LogP contribution in [-0.2, 0) is 22.6 Å². The number of carbonyl (C=O) groups excluding carboxylic acids is 1. The minimum absolute atomic E-state index is 0.120. The van der Waals surface area contributed by atoms with Crippen molar-refractivity contribution in [2.75, 3.05) is 12.4 Å². The second-order valence-corrected chi connectivity index (χ2v) is 10.9. The number of thioether (sulfide) groups is 1. The number of hydrogen-bond donors (Lipinski definition) is 1. The molecule has 0 saturated heterocycles. The normalized spacial score (nSPS) is 15.9. The van der Waals surface area contributed by atoms with E-state index in [2.05, 4.69) is 35.2 Å². The number of para-hydroxylation sites is 2. The number of nitrogens with one attached hydrogen (secondary N) is 1. The average molecular weight is 481 g/mol. The molecule has 0 bridgehead atoms. The Kier molecular flexibility index (Phi) is 5.72. The molecule has 1 amide bonds. The lowest BCUT2D eigenvalue weighted by atomic mass is 9.95. The van der Waals surface area contributed by atoms with Gasteiger partial charge in [-0.1, -0.05) is 23.9 Å². The average Bonchev–Trinajstić information content (AvgIpc) is 3.15. The number of ether oxygens (including phenoxy) is 2. The van der Waals surface area contributed by atoms with E-state index in [1.165, 1.54) is 11.8 Å². The van der Waals surface area contributed by atoms with Crippen LogP contribution in [0.15, 0.2) is 41.7 Å². The minimum Gasteiger partial charge on any atom is -0.495 e. The maximum absolute atomic E-state index is 12.9. The molecule has 170 valence electrons. The van der Waals surface area contributed by atoms with Crippen LogP contribution in [0.4, 0.5) is 5.69 Å². The van der Waals surface area contributed by atoms with Crippen LogP contribution < -0.4 is 10.1 Å². The molecule has 7 nitrogen and oxygen atoms in total. The highest BCUT2D eigenvalue weighted by molar-refractivity contribution is 8.00. The molecule has 0 fully saturated rings. The van der Waals surface area contributed by atoms with E-state index in [4.69, 9.17) is 14.5 Å². The van der Waals surface area contributed by atoms with E-state index in [0.29, 0.717) is 18.0 Å². The summed E-state index contributed by atoms with van der Waals surface area (Å²) in [6.07, 6.45) is 2.33.